The molecule has 0 saturated heterocycles. The van der Waals surface area contributed by atoms with Crippen LogP contribution in [0.2, 0.25) is 0 Å². The molecule has 2 aromatic rings. The van der Waals surface area contributed by atoms with Gasteiger partial charge in [-0.2, -0.15) is 0 Å². The Kier molecular flexibility index (Phi) is 3.63. The van der Waals surface area contributed by atoms with E-state index in [9.17, 15) is 4.39 Å². The van der Waals surface area contributed by atoms with Gasteiger partial charge in [0, 0.05) is 5.41 Å². The van der Waals surface area contributed by atoms with Crippen molar-refractivity contribution in [2.24, 2.45) is 0 Å². The van der Waals surface area contributed by atoms with E-state index in [4.69, 9.17) is 11.6 Å². The highest BCUT2D eigenvalue weighted by Gasteiger charge is 2.25. The SMILES string of the molecule is Cc1ccc(-n2nnc(CCl)c2C(C)(C)C)cc1F. The number of alkyl halides is 1. The first-order valence-electron chi connectivity index (χ1n) is 6.12. The first-order chi connectivity index (χ1) is 8.84. The van der Waals surface area contributed by atoms with Crippen LogP contribution >= 0.6 is 11.6 Å². The van der Waals surface area contributed by atoms with Crippen molar-refractivity contribution in [3.8, 4) is 5.69 Å². The third kappa shape index (κ3) is 2.63. The topological polar surface area (TPSA) is 30.7 Å². The molecule has 1 heterocycles. The van der Waals surface area contributed by atoms with Gasteiger partial charge in [0.25, 0.3) is 0 Å². The highest BCUT2D eigenvalue weighted by atomic mass is 35.5. The molecule has 19 heavy (non-hydrogen) atoms. The van der Waals surface area contributed by atoms with Crippen molar-refractivity contribution in [1.82, 2.24) is 15.0 Å². The van der Waals surface area contributed by atoms with E-state index in [0.29, 0.717) is 17.1 Å². The summed E-state index contributed by atoms with van der Waals surface area (Å²) in [6, 6.07) is 5.04. The number of hydrogen-bond donors (Lipinski definition) is 0. The molecule has 0 spiro atoms. The van der Waals surface area contributed by atoms with E-state index in [1.54, 1.807) is 17.7 Å². The summed E-state index contributed by atoms with van der Waals surface area (Å²) >= 11 is 5.91. The van der Waals surface area contributed by atoms with Gasteiger partial charge in [-0.3, -0.25) is 0 Å². The van der Waals surface area contributed by atoms with Crippen LogP contribution in [0.1, 0.15) is 37.7 Å². The van der Waals surface area contributed by atoms with Crippen LogP contribution in [0.3, 0.4) is 0 Å². The number of halogens is 2. The van der Waals surface area contributed by atoms with E-state index in [-0.39, 0.29) is 11.2 Å². The monoisotopic (exact) mass is 281 g/mol. The van der Waals surface area contributed by atoms with Gasteiger partial charge in [-0.25, -0.2) is 9.07 Å². The van der Waals surface area contributed by atoms with E-state index in [2.05, 4.69) is 31.1 Å². The Hall–Kier alpha value is -1.42. The van der Waals surface area contributed by atoms with Crippen LogP contribution in [0.15, 0.2) is 18.2 Å². The Morgan fingerprint density at radius 1 is 1.32 bits per heavy atom. The van der Waals surface area contributed by atoms with Crippen molar-refractivity contribution in [2.45, 2.75) is 39.0 Å². The van der Waals surface area contributed by atoms with Gasteiger partial charge in [-0.15, -0.1) is 16.7 Å². The van der Waals surface area contributed by atoms with Crippen molar-refractivity contribution in [2.75, 3.05) is 0 Å². The first-order valence-corrected chi connectivity index (χ1v) is 6.65. The van der Waals surface area contributed by atoms with Crippen LogP contribution < -0.4 is 0 Å². The fourth-order valence-electron chi connectivity index (χ4n) is 2.05. The summed E-state index contributed by atoms with van der Waals surface area (Å²) in [6.07, 6.45) is 0. The summed E-state index contributed by atoms with van der Waals surface area (Å²) in [4.78, 5) is 0. The highest BCUT2D eigenvalue weighted by molar-refractivity contribution is 6.17. The Morgan fingerprint density at radius 3 is 2.53 bits per heavy atom. The molecule has 0 fully saturated rings. The smallest absolute Gasteiger partial charge is 0.128 e. The first kappa shape index (κ1) is 14.0. The average Bonchev–Trinajstić information content (AvgIpc) is 2.76. The largest absolute Gasteiger partial charge is 0.217 e. The number of hydrogen-bond acceptors (Lipinski definition) is 2. The van der Waals surface area contributed by atoms with E-state index in [0.717, 1.165) is 11.4 Å². The van der Waals surface area contributed by atoms with Crippen LogP contribution in [-0.2, 0) is 11.3 Å². The number of benzene rings is 1. The van der Waals surface area contributed by atoms with E-state index in [1.165, 1.54) is 6.07 Å². The number of nitrogens with zero attached hydrogens (tertiary/aromatic N) is 3. The lowest BCUT2D eigenvalue weighted by molar-refractivity contribution is 0.537. The van der Waals surface area contributed by atoms with Crippen LogP contribution in [0, 0.1) is 12.7 Å². The molecule has 0 saturated carbocycles. The molecular formula is C14H17ClFN3. The average molecular weight is 282 g/mol. The van der Waals surface area contributed by atoms with Crippen molar-refractivity contribution < 1.29 is 4.39 Å². The van der Waals surface area contributed by atoms with Gasteiger partial charge in [0.1, 0.15) is 11.5 Å². The maximum atomic E-state index is 13.7. The predicted octanol–water partition coefficient (Wildman–Crippen LogP) is 3.75. The molecule has 3 nitrogen and oxygen atoms in total. The Morgan fingerprint density at radius 2 is 2.00 bits per heavy atom. The van der Waals surface area contributed by atoms with Crippen molar-refractivity contribution in [3.05, 3.63) is 41.0 Å². The molecule has 2 rings (SSSR count). The molecule has 0 unspecified atom stereocenters. The molecule has 0 bridgehead atoms. The maximum absolute atomic E-state index is 13.7. The zero-order valence-electron chi connectivity index (χ0n) is 11.5. The summed E-state index contributed by atoms with van der Waals surface area (Å²) in [5, 5.41) is 8.20. The van der Waals surface area contributed by atoms with Crippen LogP contribution in [-0.4, -0.2) is 15.0 Å². The van der Waals surface area contributed by atoms with Gasteiger partial charge in [0.2, 0.25) is 0 Å². The molecule has 0 N–H and O–H groups in total. The summed E-state index contributed by atoms with van der Waals surface area (Å²) in [7, 11) is 0. The molecule has 102 valence electrons. The van der Waals surface area contributed by atoms with Gasteiger partial charge in [0.15, 0.2) is 0 Å². The van der Waals surface area contributed by atoms with E-state index >= 15 is 0 Å². The molecule has 0 radical (unpaired) electrons. The lowest BCUT2D eigenvalue weighted by atomic mass is 9.90. The third-order valence-electron chi connectivity index (χ3n) is 2.98. The van der Waals surface area contributed by atoms with Crippen LogP contribution in [0.25, 0.3) is 5.69 Å². The maximum Gasteiger partial charge on any atom is 0.128 e. The molecule has 1 aromatic carbocycles. The predicted molar refractivity (Wildman–Crippen MR) is 74.3 cm³/mol. The Balaban J connectivity index is 2.62. The van der Waals surface area contributed by atoms with E-state index in [1.807, 2.05) is 6.07 Å². The van der Waals surface area contributed by atoms with Gasteiger partial charge < -0.3 is 0 Å². The van der Waals surface area contributed by atoms with E-state index < -0.39 is 0 Å². The summed E-state index contributed by atoms with van der Waals surface area (Å²) < 4.78 is 15.4. The second kappa shape index (κ2) is 4.93. The molecular weight excluding hydrogens is 265 g/mol. The molecule has 0 amide bonds. The standard InChI is InChI=1S/C14H17ClFN3/c1-9-5-6-10(7-11(9)16)19-13(14(2,3)4)12(8-15)17-18-19/h5-7H,8H2,1-4H3. The highest BCUT2D eigenvalue weighted by Crippen LogP contribution is 2.28. The van der Waals surface area contributed by atoms with Crippen molar-refractivity contribution in [1.29, 1.82) is 0 Å². The zero-order chi connectivity index (χ0) is 14.2. The Labute approximate surface area is 117 Å². The number of aromatic nitrogens is 3. The third-order valence-corrected chi connectivity index (χ3v) is 3.23. The van der Waals surface area contributed by atoms with Crippen molar-refractivity contribution >= 4 is 11.6 Å². The van der Waals surface area contributed by atoms with Gasteiger partial charge in [0.05, 0.1) is 17.3 Å². The molecule has 0 atom stereocenters. The van der Waals surface area contributed by atoms with Gasteiger partial charge in [-0.1, -0.05) is 32.1 Å². The summed E-state index contributed by atoms with van der Waals surface area (Å²) in [5.74, 6) is 0.0429. The number of aryl methyl sites for hydroxylation is 1. The molecule has 0 aliphatic heterocycles. The minimum atomic E-state index is -0.250. The fourth-order valence-corrected chi connectivity index (χ4v) is 2.23. The molecule has 0 aliphatic carbocycles. The fraction of sp³-hybridized carbons (Fsp3) is 0.429. The Bertz CT molecular complexity index is 599. The van der Waals surface area contributed by atoms with Crippen molar-refractivity contribution in [3.63, 3.8) is 0 Å². The summed E-state index contributed by atoms with van der Waals surface area (Å²) in [6.45, 7) is 7.91. The minimum Gasteiger partial charge on any atom is -0.217 e. The molecule has 5 heteroatoms. The summed E-state index contributed by atoms with van der Waals surface area (Å²) in [5.41, 5.74) is 2.74. The lowest BCUT2D eigenvalue weighted by Crippen LogP contribution is -2.19. The van der Waals surface area contributed by atoms with Crippen LogP contribution in [0.5, 0.6) is 0 Å². The zero-order valence-corrected chi connectivity index (χ0v) is 12.3. The quantitative estimate of drug-likeness (QED) is 0.785. The van der Waals surface area contributed by atoms with Gasteiger partial charge in [-0.05, 0) is 24.6 Å². The molecule has 1 aromatic heterocycles. The normalized spacial score (nSPS) is 11.9. The van der Waals surface area contributed by atoms with Gasteiger partial charge >= 0.3 is 0 Å². The number of rotatable bonds is 2. The minimum absolute atomic E-state index is 0.172. The van der Waals surface area contributed by atoms with Crippen LogP contribution in [0.4, 0.5) is 4.39 Å². The second-order valence-electron chi connectivity index (χ2n) is 5.61. The molecule has 0 aliphatic rings. The lowest BCUT2D eigenvalue weighted by Gasteiger charge is -2.21. The second-order valence-corrected chi connectivity index (χ2v) is 5.88.